The van der Waals surface area contributed by atoms with Crippen LogP contribution in [0.4, 0.5) is 34.1 Å². The summed E-state index contributed by atoms with van der Waals surface area (Å²) in [5.74, 6) is 0. The molecule has 9 aromatic rings. The molecule has 0 amide bonds. The summed E-state index contributed by atoms with van der Waals surface area (Å²) in [6.45, 7) is 0. The van der Waals surface area contributed by atoms with E-state index in [-0.39, 0.29) is 0 Å². The van der Waals surface area contributed by atoms with Gasteiger partial charge < -0.3 is 9.80 Å². The molecule has 0 atom stereocenters. The Morgan fingerprint density at radius 2 is 0.630 bits per heavy atom. The van der Waals surface area contributed by atoms with E-state index >= 15 is 0 Å². The highest BCUT2D eigenvalue weighted by Crippen LogP contribution is 2.48. The maximum Gasteiger partial charge on any atom is 0.0645 e. The lowest BCUT2D eigenvalue weighted by Gasteiger charge is -2.28. The van der Waals surface area contributed by atoms with Gasteiger partial charge in [-0.25, -0.2) is 0 Å². The summed E-state index contributed by atoms with van der Waals surface area (Å²) >= 11 is 0. The first-order chi connectivity index (χ1) is 22.9. The fraction of sp³-hybridized carbons (Fsp3) is 0. The fourth-order valence-corrected chi connectivity index (χ4v) is 6.87. The monoisotopic (exact) mass is 590 g/mol. The lowest BCUT2D eigenvalue weighted by atomic mass is 9.88. The SMILES string of the molecule is c1cncc(N(c2cccnc2)c2ccc3c4ccc(N(c5cccnc5)c5cccnc5)c5cccc(c6cccc2c63)c54)c1. The van der Waals surface area contributed by atoms with Crippen molar-refractivity contribution in [3.63, 3.8) is 0 Å². The Labute approximate surface area is 265 Å². The number of nitrogens with zero attached hydrogens (tertiary/aromatic N) is 6. The van der Waals surface area contributed by atoms with E-state index in [9.17, 15) is 0 Å². The van der Waals surface area contributed by atoms with Gasteiger partial charge in [0.25, 0.3) is 0 Å². The number of anilines is 6. The quantitative estimate of drug-likeness (QED) is 0.142. The van der Waals surface area contributed by atoms with Crippen LogP contribution < -0.4 is 9.80 Å². The predicted octanol–water partition coefficient (Wildman–Crippen LogP) is 10.3. The molecule has 0 N–H and O–H groups in total. The van der Waals surface area contributed by atoms with Gasteiger partial charge in [0.1, 0.15) is 0 Å². The lowest BCUT2D eigenvalue weighted by molar-refractivity contribution is 1.21. The molecule has 0 aliphatic heterocycles. The summed E-state index contributed by atoms with van der Waals surface area (Å²) in [6.07, 6.45) is 14.8. The molecule has 9 rings (SSSR count). The zero-order valence-electron chi connectivity index (χ0n) is 24.7. The number of rotatable bonds is 6. The molecule has 216 valence electrons. The minimum atomic E-state index is 0.977. The van der Waals surface area contributed by atoms with E-state index in [0.717, 1.165) is 34.1 Å². The molecular weight excluding hydrogens is 564 g/mol. The van der Waals surface area contributed by atoms with Crippen molar-refractivity contribution in [3.8, 4) is 0 Å². The fourth-order valence-electron chi connectivity index (χ4n) is 6.87. The van der Waals surface area contributed by atoms with E-state index in [0.29, 0.717) is 0 Å². The van der Waals surface area contributed by atoms with Gasteiger partial charge in [0.05, 0.1) is 58.9 Å². The number of hydrogen-bond acceptors (Lipinski definition) is 6. The van der Waals surface area contributed by atoms with Crippen LogP contribution in [0.5, 0.6) is 0 Å². The average molecular weight is 591 g/mol. The topological polar surface area (TPSA) is 58.0 Å². The van der Waals surface area contributed by atoms with Gasteiger partial charge in [-0.3, -0.25) is 19.9 Å². The summed E-state index contributed by atoms with van der Waals surface area (Å²) < 4.78 is 0. The van der Waals surface area contributed by atoms with Crippen LogP contribution in [0.3, 0.4) is 0 Å². The summed E-state index contributed by atoms with van der Waals surface area (Å²) in [5, 5.41) is 9.69. The summed E-state index contributed by atoms with van der Waals surface area (Å²) in [5.41, 5.74) is 6.06. The third kappa shape index (κ3) is 4.04. The van der Waals surface area contributed by atoms with Crippen molar-refractivity contribution in [2.24, 2.45) is 0 Å². The van der Waals surface area contributed by atoms with E-state index in [2.05, 4.69) is 115 Å². The van der Waals surface area contributed by atoms with Gasteiger partial charge in [-0.05, 0) is 93.0 Å². The molecule has 6 heteroatoms. The molecule has 5 aromatic carbocycles. The van der Waals surface area contributed by atoms with E-state index in [1.54, 1.807) is 24.8 Å². The van der Waals surface area contributed by atoms with E-state index in [1.165, 1.54) is 43.1 Å². The van der Waals surface area contributed by atoms with Crippen molar-refractivity contribution >= 4 is 77.2 Å². The van der Waals surface area contributed by atoms with Gasteiger partial charge >= 0.3 is 0 Å². The number of benzene rings is 5. The van der Waals surface area contributed by atoms with Gasteiger partial charge in [-0.15, -0.1) is 0 Å². The van der Waals surface area contributed by atoms with Crippen molar-refractivity contribution in [1.82, 2.24) is 19.9 Å². The van der Waals surface area contributed by atoms with Crippen LogP contribution in [0, 0.1) is 0 Å². The van der Waals surface area contributed by atoms with Crippen LogP contribution in [0.1, 0.15) is 0 Å². The number of pyridine rings is 4. The highest BCUT2D eigenvalue weighted by molar-refractivity contribution is 6.35. The zero-order chi connectivity index (χ0) is 30.5. The Kier molecular flexibility index (Phi) is 6.03. The van der Waals surface area contributed by atoms with Crippen LogP contribution in [0.25, 0.3) is 43.1 Å². The second kappa shape index (κ2) is 10.6. The Balaban J connectivity index is 1.34. The van der Waals surface area contributed by atoms with E-state index < -0.39 is 0 Å². The van der Waals surface area contributed by atoms with Crippen molar-refractivity contribution in [1.29, 1.82) is 0 Å². The summed E-state index contributed by atoms with van der Waals surface area (Å²) in [6, 6.07) is 38.5. The molecule has 0 saturated heterocycles. The number of aromatic nitrogens is 4. The molecule has 0 unspecified atom stereocenters. The summed E-state index contributed by atoms with van der Waals surface area (Å²) in [4.78, 5) is 22.3. The molecule has 0 aliphatic rings. The van der Waals surface area contributed by atoms with Gasteiger partial charge in [0, 0.05) is 35.6 Å². The van der Waals surface area contributed by atoms with Crippen molar-refractivity contribution in [2.75, 3.05) is 9.80 Å². The highest BCUT2D eigenvalue weighted by Gasteiger charge is 2.22. The molecule has 6 nitrogen and oxygen atoms in total. The molecule has 0 spiro atoms. The minimum Gasteiger partial charge on any atom is -0.307 e. The second-order valence-electron chi connectivity index (χ2n) is 11.2. The lowest BCUT2D eigenvalue weighted by Crippen LogP contribution is -2.11. The third-order valence-electron chi connectivity index (χ3n) is 8.71. The standard InChI is InChI=1S/C40H26N6/c1-11-31-32-12-2-14-36-38(46(29-9-5-21-43-25-29)30-10-6-22-44-26-30)18-16-34(40(32)36)33-15-17-37(35(13-1)39(31)33)45(27-7-3-19-41-23-27)28-8-4-20-42-24-28/h1-26H. The first kappa shape index (κ1) is 26.0. The molecule has 0 aliphatic carbocycles. The maximum atomic E-state index is 4.45. The van der Waals surface area contributed by atoms with Crippen LogP contribution in [0.2, 0.25) is 0 Å². The molecule has 46 heavy (non-hydrogen) atoms. The Hall–Kier alpha value is -6.40. The first-order valence-electron chi connectivity index (χ1n) is 15.2. The maximum absolute atomic E-state index is 4.45. The van der Waals surface area contributed by atoms with Crippen LogP contribution >= 0.6 is 0 Å². The van der Waals surface area contributed by atoms with Crippen LogP contribution in [-0.2, 0) is 0 Å². The molecule has 4 heterocycles. The van der Waals surface area contributed by atoms with Crippen molar-refractivity contribution in [2.45, 2.75) is 0 Å². The summed E-state index contributed by atoms with van der Waals surface area (Å²) in [7, 11) is 0. The normalized spacial score (nSPS) is 11.5. The largest absolute Gasteiger partial charge is 0.307 e. The third-order valence-corrected chi connectivity index (χ3v) is 8.71. The Morgan fingerprint density at radius 1 is 0.304 bits per heavy atom. The smallest absolute Gasteiger partial charge is 0.0645 e. The second-order valence-corrected chi connectivity index (χ2v) is 11.2. The van der Waals surface area contributed by atoms with E-state index in [4.69, 9.17) is 0 Å². The molecule has 0 bridgehead atoms. The molecule has 0 fully saturated rings. The Bertz CT molecular complexity index is 2190. The highest BCUT2D eigenvalue weighted by atomic mass is 15.2. The zero-order valence-corrected chi connectivity index (χ0v) is 24.7. The van der Waals surface area contributed by atoms with Crippen LogP contribution in [0.15, 0.2) is 159 Å². The molecule has 4 aromatic heterocycles. The first-order valence-corrected chi connectivity index (χ1v) is 15.2. The van der Waals surface area contributed by atoms with Crippen molar-refractivity contribution in [3.05, 3.63) is 159 Å². The molecule has 0 radical (unpaired) electrons. The van der Waals surface area contributed by atoms with Crippen LogP contribution in [-0.4, -0.2) is 19.9 Å². The average Bonchev–Trinajstić information content (AvgIpc) is 3.13. The van der Waals surface area contributed by atoms with Gasteiger partial charge in [-0.1, -0.05) is 48.5 Å². The van der Waals surface area contributed by atoms with Gasteiger partial charge in [0.15, 0.2) is 0 Å². The van der Waals surface area contributed by atoms with E-state index in [1.807, 2.05) is 49.1 Å². The molecular formula is C40H26N6. The predicted molar refractivity (Wildman–Crippen MR) is 188 cm³/mol. The van der Waals surface area contributed by atoms with Crippen molar-refractivity contribution < 1.29 is 0 Å². The number of fused-ring (bicyclic) bond motifs is 2. The minimum absolute atomic E-state index is 0.977. The number of hydrogen-bond donors (Lipinski definition) is 0. The van der Waals surface area contributed by atoms with Gasteiger partial charge in [-0.2, -0.15) is 0 Å². The van der Waals surface area contributed by atoms with Gasteiger partial charge in [0.2, 0.25) is 0 Å². The Morgan fingerprint density at radius 3 is 0.957 bits per heavy atom. The molecule has 0 saturated carbocycles.